The van der Waals surface area contributed by atoms with Crippen LogP contribution in [0.4, 0.5) is 0 Å². The molecule has 5 nitrogen and oxygen atoms in total. The lowest BCUT2D eigenvalue weighted by atomic mass is 10.1. The van der Waals surface area contributed by atoms with Crippen LogP contribution in [0.5, 0.6) is 0 Å². The van der Waals surface area contributed by atoms with Gasteiger partial charge in [0.2, 0.25) is 0 Å². The minimum Gasteiger partial charge on any atom is -0.316 e. The van der Waals surface area contributed by atoms with Crippen molar-refractivity contribution in [3.8, 4) is 0 Å². The smallest absolute Gasteiger partial charge is 0.155 e. The fourth-order valence-electron chi connectivity index (χ4n) is 2.03. The summed E-state index contributed by atoms with van der Waals surface area (Å²) in [4.78, 5) is 0. The maximum Gasteiger partial charge on any atom is 0.155 e. The predicted molar refractivity (Wildman–Crippen MR) is 75.3 cm³/mol. The van der Waals surface area contributed by atoms with Gasteiger partial charge in [0.1, 0.15) is 9.84 Å². The van der Waals surface area contributed by atoms with E-state index in [0.717, 1.165) is 19.1 Å². The van der Waals surface area contributed by atoms with Gasteiger partial charge in [-0.25, -0.2) is 16.8 Å². The zero-order valence-electron chi connectivity index (χ0n) is 11.6. The second-order valence-electron chi connectivity index (χ2n) is 4.63. The normalized spacial score (nSPS) is 16.4. The van der Waals surface area contributed by atoms with Gasteiger partial charge in [0, 0.05) is 12.3 Å². The van der Waals surface area contributed by atoms with Gasteiger partial charge in [0.05, 0.1) is 16.8 Å². The molecule has 110 valence electrons. The molecule has 0 aromatic carbocycles. The van der Waals surface area contributed by atoms with Crippen LogP contribution in [0.2, 0.25) is 0 Å². The van der Waals surface area contributed by atoms with Crippen molar-refractivity contribution in [3.05, 3.63) is 0 Å². The minimum atomic E-state index is -3.38. The molecule has 18 heavy (non-hydrogen) atoms. The van der Waals surface area contributed by atoms with Gasteiger partial charge in [-0.2, -0.15) is 0 Å². The topological polar surface area (TPSA) is 80.3 Å². The predicted octanol–water partition coefficient (Wildman–Crippen LogP) is 0.613. The maximum atomic E-state index is 12.2. The van der Waals surface area contributed by atoms with Gasteiger partial charge >= 0.3 is 0 Å². The number of rotatable bonds is 9. The van der Waals surface area contributed by atoms with E-state index in [9.17, 15) is 16.8 Å². The van der Waals surface area contributed by atoms with Gasteiger partial charge in [-0.15, -0.1) is 0 Å². The first kappa shape index (κ1) is 17.9. The summed E-state index contributed by atoms with van der Waals surface area (Å²) in [5.41, 5.74) is 0. The summed E-state index contributed by atoms with van der Waals surface area (Å²) >= 11 is 0. The highest BCUT2D eigenvalue weighted by Gasteiger charge is 2.31. The lowest BCUT2D eigenvalue weighted by Crippen LogP contribution is -2.43. The molecule has 0 saturated heterocycles. The Bertz CT molecular complexity index is 428. The molecule has 0 aromatic rings. The van der Waals surface area contributed by atoms with Crippen LogP contribution in [0.25, 0.3) is 0 Å². The third kappa shape index (κ3) is 6.15. The van der Waals surface area contributed by atoms with Gasteiger partial charge in [-0.3, -0.25) is 0 Å². The molecule has 0 fully saturated rings. The molecule has 2 atom stereocenters. The second-order valence-corrected chi connectivity index (χ2v) is 9.23. The average Bonchev–Trinajstić information content (AvgIpc) is 2.25. The number of hydrogen-bond acceptors (Lipinski definition) is 5. The van der Waals surface area contributed by atoms with Gasteiger partial charge in [-0.1, -0.05) is 20.3 Å². The van der Waals surface area contributed by atoms with E-state index in [2.05, 4.69) is 5.32 Å². The summed E-state index contributed by atoms with van der Waals surface area (Å²) < 4.78 is 46.5. The van der Waals surface area contributed by atoms with Crippen LogP contribution < -0.4 is 5.32 Å². The van der Waals surface area contributed by atoms with Crippen molar-refractivity contribution in [3.63, 3.8) is 0 Å². The van der Waals surface area contributed by atoms with E-state index in [1.54, 1.807) is 7.05 Å². The van der Waals surface area contributed by atoms with Crippen molar-refractivity contribution >= 4 is 19.7 Å². The Labute approximate surface area is 111 Å². The lowest BCUT2D eigenvalue weighted by molar-refractivity contribution is 0.464. The lowest BCUT2D eigenvalue weighted by Gasteiger charge is -2.25. The first-order chi connectivity index (χ1) is 8.18. The number of nitrogens with one attached hydrogen (secondary N) is 1. The molecule has 0 amide bonds. The molecular formula is C11H25NO4S2. The molecule has 0 aliphatic carbocycles. The molecule has 1 N–H and O–H groups in total. The highest BCUT2D eigenvalue weighted by Crippen LogP contribution is 2.16. The van der Waals surface area contributed by atoms with Crippen molar-refractivity contribution in [1.29, 1.82) is 0 Å². The van der Waals surface area contributed by atoms with Crippen molar-refractivity contribution < 1.29 is 16.8 Å². The molecule has 7 heteroatoms. The standard InChI is InChI=1S/C11H25NO4S2/c1-5-7-10(12-3)11(6-2)18(15,16)9-8-17(4,13)14/h10-12H,5-9H2,1-4H3. The molecule has 0 rings (SSSR count). The summed E-state index contributed by atoms with van der Waals surface area (Å²) in [6, 6.07) is -0.107. The van der Waals surface area contributed by atoms with Crippen LogP contribution >= 0.6 is 0 Å². The molecular weight excluding hydrogens is 274 g/mol. The minimum absolute atomic E-state index is 0.107. The van der Waals surface area contributed by atoms with E-state index in [0.29, 0.717) is 6.42 Å². The molecule has 0 saturated carbocycles. The summed E-state index contributed by atoms with van der Waals surface area (Å²) in [5, 5.41) is 2.52. The van der Waals surface area contributed by atoms with Crippen LogP contribution in [0.1, 0.15) is 33.1 Å². The SMILES string of the molecule is CCCC(NC)C(CC)S(=O)(=O)CCS(C)(=O)=O. The average molecular weight is 299 g/mol. The van der Waals surface area contributed by atoms with Gasteiger partial charge in [-0.05, 0) is 19.9 Å². The summed E-state index contributed by atoms with van der Waals surface area (Å²) in [6.07, 6.45) is 3.22. The van der Waals surface area contributed by atoms with E-state index in [-0.39, 0.29) is 17.5 Å². The fourth-order valence-corrected chi connectivity index (χ4v) is 5.76. The van der Waals surface area contributed by atoms with Crippen molar-refractivity contribution in [1.82, 2.24) is 5.32 Å². The zero-order valence-corrected chi connectivity index (χ0v) is 13.3. The first-order valence-electron chi connectivity index (χ1n) is 6.24. The van der Waals surface area contributed by atoms with Gasteiger partial charge < -0.3 is 5.32 Å². The molecule has 0 aliphatic heterocycles. The number of hydrogen-bond donors (Lipinski definition) is 1. The van der Waals surface area contributed by atoms with E-state index in [1.165, 1.54) is 0 Å². The van der Waals surface area contributed by atoms with Crippen LogP contribution in [-0.4, -0.2) is 52.9 Å². The Morgan fingerprint density at radius 2 is 1.61 bits per heavy atom. The molecule has 0 radical (unpaired) electrons. The zero-order chi connectivity index (χ0) is 14.4. The fraction of sp³-hybridized carbons (Fsp3) is 1.00. The van der Waals surface area contributed by atoms with Crippen molar-refractivity contribution in [2.24, 2.45) is 0 Å². The Hall–Kier alpha value is -0.140. The molecule has 0 spiro atoms. The third-order valence-corrected chi connectivity index (χ3v) is 6.58. The molecule has 0 heterocycles. The van der Waals surface area contributed by atoms with Crippen LogP contribution in [-0.2, 0) is 19.7 Å². The van der Waals surface area contributed by atoms with Crippen molar-refractivity contribution in [2.75, 3.05) is 24.8 Å². The van der Waals surface area contributed by atoms with Crippen LogP contribution in [0, 0.1) is 0 Å². The van der Waals surface area contributed by atoms with E-state index >= 15 is 0 Å². The quantitative estimate of drug-likeness (QED) is 0.675. The monoisotopic (exact) mass is 299 g/mol. The van der Waals surface area contributed by atoms with E-state index in [1.807, 2.05) is 13.8 Å². The third-order valence-electron chi connectivity index (χ3n) is 3.02. The van der Waals surface area contributed by atoms with Gasteiger partial charge in [0.15, 0.2) is 9.84 Å². The Morgan fingerprint density at radius 3 is 1.94 bits per heavy atom. The second kappa shape index (κ2) is 7.45. The Morgan fingerprint density at radius 1 is 1.06 bits per heavy atom. The first-order valence-corrected chi connectivity index (χ1v) is 10.0. The summed E-state index contributed by atoms with van der Waals surface area (Å²) in [7, 11) is -4.88. The highest BCUT2D eigenvalue weighted by atomic mass is 32.2. The van der Waals surface area contributed by atoms with Gasteiger partial charge in [0.25, 0.3) is 0 Å². The largest absolute Gasteiger partial charge is 0.316 e. The molecule has 0 bridgehead atoms. The molecule has 2 unspecified atom stereocenters. The van der Waals surface area contributed by atoms with Crippen LogP contribution in [0.15, 0.2) is 0 Å². The summed E-state index contributed by atoms with van der Waals surface area (Å²) in [6.45, 7) is 3.82. The molecule has 0 aromatic heterocycles. The Balaban J connectivity index is 4.91. The Kier molecular flexibility index (Phi) is 7.39. The number of sulfone groups is 2. The van der Waals surface area contributed by atoms with Crippen molar-refractivity contribution in [2.45, 2.75) is 44.4 Å². The van der Waals surface area contributed by atoms with E-state index in [4.69, 9.17) is 0 Å². The van der Waals surface area contributed by atoms with Crippen LogP contribution in [0.3, 0.4) is 0 Å². The molecule has 0 aliphatic rings. The summed E-state index contributed by atoms with van der Waals surface area (Å²) in [5.74, 6) is -0.583. The van der Waals surface area contributed by atoms with E-state index < -0.39 is 24.9 Å². The maximum absolute atomic E-state index is 12.2. The highest BCUT2D eigenvalue weighted by molar-refractivity contribution is 7.95.